The van der Waals surface area contributed by atoms with Crippen LogP contribution in [0.2, 0.25) is 0 Å². The number of halogens is 6. The fraction of sp³-hybridized carbons (Fsp3) is 0.172. The predicted octanol–water partition coefficient (Wildman–Crippen LogP) is 9.36. The molecule has 0 radical (unpaired) electrons. The van der Waals surface area contributed by atoms with E-state index < -0.39 is 28.9 Å². The first kappa shape index (κ1) is 27.4. The highest BCUT2D eigenvalue weighted by atomic mass is 32.2. The Hall–Kier alpha value is -3.59. The maximum absolute atomic E-state index is 14.3. The normalized spacial score (nSPS) is 12.3. The van der Waals surface area contributed by atoms with E-state index in [-0.39, 0.29) is 11.5 Å². The van der Waals surface area contributed by atoms with Gasteiger partial charge in [-0.1, -0.05) is 53.7 Å². The van der Waals surface area contributed by atoms with E-state index in [1.54, 1.807) is 23.9 Å². The predicted molar refractivity (Wildman–Crippen MR) is 134 cm³/mol. The Labute approximate surface area is 220 Å². The molecule has 0 N–H and O–H groups in total. The van der Waals surface area contributed by atoms with E-state index in [0.29, 0.717) is 5.75 Å². The molecule has 4 rings (SSSR count). The van der Waals surface area contributed by atoms with Gasteiger partial charge in [-0.2, -0.15) is 26.3 Å². The summed E-state index contributed by atoms with van der Waals surface area (Å²) in [5.74, 6) is 0.624. The molecule has 198 valence electrons. The van der Waals surface area contributed by atoms with Crippen molar-refractivity contribution in [2.24, 2.45) is 0 Å². The average Bonchev–Trinajstić information content (AvgIpc) is 2.87. The second kappa shape index (κ2) is 10.6. The summed E-state index contributed by atoms with van der Waals surface area (Å²) in [4.78, 5) is 1.99. The van der Waals surface area contributed by atoms with Gasteiger partial charge >= 0.3 is 12.4 Å². The molecule has 0 aliphatic heterocycles. The quantitative estimate of drug-likeness (QED) is 0.214. The summed E-state index contributed by atoms with van der Waals surface area (Å²) in [7, 11) is 1.27. The van der Waals surface area contributed by atoms with Gasteiger partial charge in [-0.15, -0.1) is 0 Å². The van der Waals surface area contributed by atoms with Crippen molar-refractivity contribution in [2.75, 3.05) is 7.11 Å². The lowest BCUT2D eigenvalue weighted by Gasteiger charge is -2.38. The second-order valence-electron chi connectivity index (χ2n) is 8.49. The van der Waals surface area contributed by atoms with Gasteiger partial charge in [-0.25, -0.2) is 0 Å². The maximum atomic E-state index is 14.3. The molecule has 0 aliphatic carbocycles. The van der Waals surface area contributed by atoms with Crippen molar-refractivity contribution < 1.29 is 35.8 Å². The topological polar surface area (TPSA) is 18.5 Å². The molecular weight excluding hydrogens is 526 g/mol. The largest absolute Gasteiger partial charge is 0.497 e. The second-order valence-corrected chi connectivity index (χ2v) is 9.63. The van der Waals surface area contributed by atoms with Gasteiger partial charge in [0.1, 0.15) is 17.2 Å². The third-order valence-corrected chi connectivity index (χ3v) is 6.99. The Morgan fingerprint density at radius 1 is 0.526 bits per heavy atom. The fourth-order valence-corrected chi connectivity index (χ4v) is 4.87. The molecule has 0 aromatic heterocycles. The third kappa shape index (κ3) is 5.48. The van der Waals surface area contributed by atoms with Gasteiger partial charge in [0.15, 0.2) is 0 Å². The van der Waals surface area contributed by atoms with Crippen molar-refractivity contribution in [3.63, 3.8) is 0 Å². The van der Waals surface area contributed by atoms with Crippen molar-refractivity contribution in [3.05, 3.63) is 114 Å². The number of rotatable bonds is 7. The summed E-state index contributed by atoms with van der Waals surface area (Å²) in [5.41, 5.74) is -5.02. The molecule has 0 amide bonds. The maximum Gasteiger partial charge on any atom is 0.411 e. The lowest BCUT2D eigenvalue weighted by molar-refractivity contribution is -0.288. The summed E-state index contributed by atoms with van der Waals surface area (Å²) in [6.45, 7) is 2.00. The number of hydrogen-bond donors (Lipinski definition) is 0. The Balaban J connectivity index is 1.60. The smallest absolute Gasteiger partial charge is 0.411 e. The Bertz CT molecular complexity index is 1330. The summed E-state index contributed by atoms with van der Waals surface area (Å²) >= 11 is 1.54. The van der Waals surface area contributed by atoms with Gasteiger partial charge in [0.25, 0.3) is 0 Å². The zero-order valence-electron chi connectivity index (χ0n) is 20.2. The molecule has 9 heteroatoms. The SMILES string of the molecule is COc1ccc(C(c2ccc(Oc3ccc(Sc4ccc(C)cc4)cc3)cc2)(C(F)(F)F)C(F)(F)F)cc1. The molecule has 0 aliphatic rings. The molecule has 38 heavy (non-hydrogen) atoms. The first-order valence-corrected chi connectivity index (χ1v) is 12.2. The van der Waals surface area contributed by atoms with Crippen molar-refractivity contribution >= 4 is 11.8 Å². The standard InChI is InChI=1S/C29H22F6O2S/c1-19-3-15-25(16-4-19)38-26-17-13-24(14-18-26)37-23-11-7-21(8-12-23)27(28(30,31)32,29(33,34)35)20-5-9-22(36-2)10-6-20/h3-18H,1-2H3. The van der Waals surface area contributed by atoms with Crippen LogP contribution in [0.4, 0.5) is 26.3 Å². The Morgan fingerprint density at radius 3 is 1.29 bits per heavy atom. The monoisotopic (exact) mass is 548 g/mol. The Kier molecular flexibility index (Phi) is 7.69. The minimum Gasteiger partial charge on any atom is -0.497 e. The summed E-state index contributed by atoms with van der Waals surface area (Å²) < 4.78 is 96.4. The summed E-state index contributed by atoms with van der Waals surface area (Å²) in [6, 6.07) is 22.5. The number of hydrogen-bond acceptors (Lipinski definition) is 3. The van der Waals surface area contributed by atoms with Crippen LogP contribution in [0.15, 0.2) is 107 Å². The minimum atomic E-state index is -5.67. The van der Waals surface area contributed by atoms with Crippen LogP contribution in [0.1, 0.15) is 16.7 Å². The van der Waals surface area contributed by atoms with Gasteiger partial charge in [-0.05, 0) is 78.7 Å². The first-order chi connectivity index (χ1) is 17.9. The fourth-order valence-electron chi connectivity index (χ4n) is 4.05. The molecule has 0 heterocycles. The molecule has 0 fully saturated rings. The zero-order valence-corrected chi connectivity index (χ0v) is 21.0. The van der Waals surface area contributed by atoms with Crippen molar-refractivity contribution in [2.45, 2.75) is 34.5 Å². The molecule has 2 nitrogen and oxygen atoms in total. The van der Waals surface area contributed by atoms with Crippen LogP contribution in [0, 0.1) is 6.92 Å². The van der Waals surface area contributed by atoms with Crippen LogP contribution in [0.5, 0.6) is 17.2 Å². The molecule has 0 saturated carbocycles. The zero-order chi connectivity index (χ0) is 27.6. The highest BCUT2D eigenvalue weighted by Gasteiger charge is 2.72. The Morgan fingerprint density at radius 2 is 0.895 bits per heavy atom. The third-order valence-electron chi connectivity index (χ3n) is 5.98. The van der Waals surface area contributed by atoms with E-state index in [1.165, 1.54) is 7.11 Å². The van der Waals surface area contributed by atoms with E-state index in [4.69, 9.17) is 9.47 Å². The highest BCUT2D eigenvalue weighted by molar-refractivity contribution is 7.99. The van der Waals surface area contributed by atoms with E-state index in [2.05, 4.69) is 0 Å². The van der Waals surface area contributed by atoms with E-state index in [0.717, 1.165) is 63.9 Å². The summed E-state index contributed by atoms with van der Waals surface area (Å²) in [6.07, 6.45) is -11.3. The minimum absolute atomic E-state index is 0.0978. The van der Waals surface area contributed by atoms with Crippen molar-refractivity contribution in [1.29, 1.82) is 0 Å². The molecule has 0 bridgehead atoms. The van der Waals surface area contributed by atoms with Gasteiger partial charge < -0.3 is 9.47 Å². The van der Waals surface area contributed by atoms with Gasteiger partial charge in [0.05, 0.1) is 7.11 Å². The highest BCUT2D eigenvalue weighted by Crippen LogP contribution is 2.56. The molecule has 0 saturated heterocycles. The van der Waals surface area contributed by atoms with Crippen LogP contribution in [-0.4, -0.2) is 19.5 Å². The van der Waals surface area contributed by atoms with Crippen LogP contribution in [0.3, 0.4) is 0 Å². The average molecular weight is 549 g/mol. The van der Waals surface area contributed by atoms with Crippen LogP contribution < -0.4 is 9.47 Å². The number of methoxy groups -OCH3 is 1. The number of alkyl halides is 6. The molecule has 0 unspecified atom stereocenters. The van der Waals surface area contributed by atoms with Crippen molar-refractivity contribution in [3.8, 4) is 17.2 Å². The summed E-state index contributed by atoms with van der Waals surface area (Å²) in [5, 5.41) is 0. The first-order valence-electron chi connectivity index (χ1n) is 11.3. The molecular formula is C29H22F6O2S. The van der Waals surface area contributed by atoms with Gasteiger partial charge in [0, 0.05) is 9.79 Å². The molecule has 0 atom stereocenters. The number of ether oxygens (including phenoxy) is 2. The molecule has 4 aromatic rings. The number of benzene rings is 4. The van der Waals surface area contributed by atoms with Crippen molar-refractivity contribution in [1.82, 2.24) is 0 Å². The van der Waals surface area contributed by atoms with Crippen LogP contribution in [0.25, 0.3) is 0 Å². The number of aryl methyl sites for hydroxylation is 1. The van der Waals surface area contributed by atoms with Gasteiger partial charge in [-0.3, -0.25) is 0 Å². The van der Waals surface area contributed by atoms with Crippen LogP contribution in [-0.2, 0) is 5.41 Å². The lowest BCUT2D eigenvalue weighted by Crippen LogP contribution is -2.54. The van der Waals surface area contributed by atoms with E-state index in [9.17, 15) is 26.3 Å². The lowest BCUT2D eigenvalue weighted by atomic mass is 9.73. The molecule has 0 spiro atoms. The van der Waals surface area contributed by atoms with Gasteiger partial charge in [0.2, 0.25) is 5.41 Å². The van der Waals surface area contributed by atoms with Crippen LogP contribution >= 0.6 is 11.8 Å². The van der Waals surface area contributed by atoms with E-state index in [1.807, 2.05) is 43.3 Å². The van der Waals surface area contributed by atoms with E-state index >= 15 is 0 Å². The molecule has 4 aromatic carbocycles.